The minimum Gasteiger partial charge on any atom is -0.480 e. The Morgan fingerprint density at radius 3 is 2.30 bits per heavy atom. The molecule has 0 aromatic rings. The van der Waals surface area contributed by atoms with Crippen molar-refractivity contribution in [2.45, 2.75) is 50.0 Å². The van der Waals surface area contributed by atoms with Crippen molar-refractivity contribution < 1.29 is 34.5 Å². The van der Waals surface area contributed by atoms with Crippen LogP contribution in [-0.4, -0.2) is 93.1 Å². The normalized spacial score (nSPS) is 21.1. The van der Waals surface area contributed by atoms with Gasteiger partial charge in [-0.25, -0.2) is 4.79 Å². The van der Waals surface area contributed by atoms with Gasteiger partial charge in [-0.3, -0.25) is 14.4 Å². The molecule has 3 amide bonds. The van der Waals surface area contributed by atoms with E-state index in [1.54, 1.807) is 0 Å². The topological polar surface area (TPSA) is 182 Å². The molecule has 5 atom stereocenters. The Balaban J connectivity index is 2.76. The van der Waals surface area contributed by atoms with E-state index in [0.717, 1.165) is 0 Å². The molecule has 0 spiro atoms. The van der Waals surface area contributed by atoms with Crippen molar-refractivity contribution in [1.29, 1.82) is 0 Å². The Labute approximate surface area is 161 Å². The lowest BCUT2D eigenvalue weighted by Gasteiger charge is -2.28. The Kier molecular flexibility index (Phi) is 8.96. The molecule has 5 unspecified atom stereocenters. The summed E-state index contributed by atoms with van der Waals surface area (Å²) in [4.78, 5) is 49.1. The highest BCUT2D eigenvalue weighted by molar-refractivity contribution is 7.80. The molecular formula is C15H26N4O7S. The van der Waals surface area contributed by atoms with E-state index in [4.69, 9.17) is 5.73 Å². The summed E-state index contributed by atoms with van der Waals surface area (Å²) in [5.41, 5.74) is 5.46. The molecule has 27 heavy (non-hydrogen) atoms. The Hall–Kier alpha value is -1.89. The molecule has 1 aliphatic heterocycles. The quantitative estimate of drug-likeness (QED) is 0.194. The number of hydrogen-bond donors (Lipinski definition) is 7. The molecule has 1 rings (SSSR count). The second-order valence-corrected chi connectivity index (χ2v) is 6.65. The first kappa shape index (κ1) is 23.1. The van der Waals surface area contributed by atoms with Crippen molar-refractivity contribution in [2.24, 2.45) is 5.73 Å². The number of hydrogen-bond acceptors (Lipinski definition) is 8. The molecule has 0 bridgehead atoms. The van der Waals surface area contributed by atoms with Gasteiger partial charge >= 0.3 is 5.97 Å². The number of carbonyl (C=O) groups excluding carboxylic acids is 3. The van der Waals surface area contributed by atoms with Crippen molar-refractivity contribution in [3.05, 3.63) is 0 Å². The molecule has 154 valence electrons. The van der Waals surface area contributed by atoms with E-state index in [2.05, 4.69) is 23.3 Å². The van der Waals surface area contributed by atoms with Gasteiger partial charge in [0, 0.05) is 12.3 Å². The number of aliphatic hydroxyl groups excluding tert-OH is 2. The van der Waals surface area contributed by atoms with Crippen LogP contribution < -0.4 is 16.4 Å². The maximum Gasteiger partial charge on any atom is 0.326 e. The molecular weight excluding hydrogens is 380 g/mol. The Morgan fingerprint density at radius 1 is 1.22 bits per heavy atom. The van der Waals surface area contributed by atoms with Crippen LogP contribution in [0.3, 0.4) is 0 Å². The van der Waals surface area contributed by atoms with Crippen LogP contribution in [0.1, 0.15) is 19.8 Å². The summed E-state index contributed by atoms with van der Waals surface area (Å²) in [6, 6.07) is -4.78. The number of nitrogens with zero attached hydrogens (tertiary/aromatic N) is 1. The first-order valence-electron chi connectivity index (χ1n) is 8.43. The van der Waals surface area contributed by atoms with Crippen molar-refractivity contribution in [3.8, 4) is 0 Å². The smallest absolute Gasteiger partial charge is 0.326 e. The molecule has 7 N–H and O–H groups in total. The SMILES string of the molecule is CC(O)C(N)C(=O)NC(CO)C(=O)NC(CS)C(=O)N1CCCC1C(=O)O. The van der Waals surface area contributed by atoms with Crippen LogP contribution in [0.25, 0.3) is 0 Å². The Morgan fingerprint density at radius 2 is 1.81 bits per heavy atom. The average molecular weight is 406 g/mol. The van der Waals surface area contributed by atoms with Gasteiger partial charge in [-0.1, -0.05) is 0 Å². The third kappa shape index (κ3) is 6.06. The molecule has 0 aromatic heterocycles. The van der Waals surface area contributed by atoms with Gasteiger partial charge in [0.1, 0.15) is 24.2 Å². The lowest BCUT2D eigenvalue weighted by Crippen LogP contribution is -2.59. The molecule has 1 heterocycles. The van der Waals surface area contributed by atoms with Crippen molar-refractivity contribution in [2.75, 3.05) is 18.9 Å². The van der Waals surface area contributed by atoms with E-state index in [1.165, 1.54) is 11.8 Å². The van der Waals surface area contributed by atoms with E-state index in [0.29, 0.717) is 12.8 Å². The lowest BCUT2D eigenvalue weighted by atomic mass is 10.1. The second kappa shape index (κ2) is 10.4. The summed E-state index contributed by atoms with van der Waals surface area (Å²) in [5, 5.41) is 32.4. The number of likely N-dealkylation sites (tertiary alicyclic amines) is 1. The summed E-state index contributed by atoms with van der Waals surface area (Å²) in [5.74, 6) is -3.54. The summed E-state index contributed by atoms with van der Waals surface area (Å²) in [6.45, 7) is 0.779. The molecule has 1 aliphatic rings. The van der Waals surface area contributed by atoms with Gasteiger partial charge in [0.25, 0.3) is 0 Å². The highest BCUT2D eigenvalue weighted by Crippen LogP contribution is 2.18. The molecule has 1 saturated heterocycles. The number of thiol groups is 1. The molecule has 0 aliphatic carbocycles. The average Bonchev–Trinajstić information content (AvgIpc) is 3.12. The molecule has 0 aromatic carbocycles. The molecule has 0 radical (unpaired) electrons. The summed E-state index contributed by atoms with van der Waals surface area (Å²) >= 11 is 4.02. The van der Waals surface area contributed by atoms with Crippen molar-refractivity contribution >= 4 is 36.3 Å². The number of aliphatic carboxylic acids is 1. The Bertz CT molecular complexity index is 574. The predicted molar refractivity (Wildman–Crippen MR) is 96.8 cm³/mol. The minimum absolute atomic E-state index is 0.104. The van der Waals surface area contributed by atoms with E-state index in [-0.39, 0.29) is 12.3 Å². The van der Waals surface area contributed by atoms with Gasteiger partial charge in [0.05, 0.1) is 12.7 Å². The molecule has 1 fully saturated rings. The number of amides is 3. The van der Waals surface area contributed by atoms with Crippen molar-refractivity contribution in [3.63, 3.8) is 0 Å². The van der Waals surface area contributed by atoms with E-state index < -0.39 is 60.6 Å². The van der Waals surface area contributed by atoms with E-state index in [9.17, 15) is 34.5 Å². The first-order chi connectivity index (χ1) is 12.6. The number of aliphatic hydroxyl groups is 2. The van der Waals surface area contributed by atoms with Crippen LogP contribution in [0, 0.1) is 0 Å². The fraction of sp³-hybridized carbons (Fsp3) is 0.733. The number of carboxylic acid groups (broad SMARTS) is 1. The first-order valence-corrected chi connectivity index (χ1v) is 9.06. The molecule has 0 saturated carbocycles. The zero-order valence-corrected chi connectivity index (χ0v) is 15.8. The fourth-order valence-electron chi connectivity index (χ4n) is 2.63. The van der Waals surface area contributed by atoms with E-state index >= 15 is 0 Å². The highest BCUT2D eigenvalue weighted by atomic mass is 32.1. The fourth-order valence-corrected chi connectivity index (χ4v) is 2.87. The maximum absolute atomic E-state index is 12.6. The molecule has 11 nitrogen and oxygen atoms in total. The highest BCUT2D eigenvalue weighted by Gasteiger charge is 2.38. The number of carboxylic acids is 1. The lowest BCUT2D eigenvalue weighted by molar-refractivity contribution is -0.149. The van der Waals surface area contributed by atoms with Gasteiger partial charge in [0.2, 0.25) is 17.7 Å². The predicted octanol–water partition coefficient (Wildman–Crippen LogP) is -3.34. The summed E-state index contributed by atoms with van der Waals surface area (Å²) < 4.78 is 0. The second-order valence-electron chi connectivity index (χ2n) is 6.28. The largest absolute Gasteiger partial charge is 0.480 e. The van der Waals surface area contributed by atoms with Crippen LogP contribution in [0.2, 0.25) is 0 Å². The van der Waals surface area contributed by atoms with E-state index in [1.807, 2.05) is 0 Å². The third-order valence-electron chi connectivity index (χ3n) is 4.26. The molecule has 12 heteroatoms. The number of nitrogens with two attached hydrogens (primary N) is 1. The van der Waals surface area contributed by atoms with Crippen LogP contribution in [0.5, 0.6) is 0 Å². The number of rotatable bonds is 9. The minimum atomic E-state index is -1.40. The van der Waals surface area contributed by atoms with Crippen LogP contribution >= 0.6 is 12.6 Å². The van der Waals surface area contributed by atoms with Crippen LogP contribution in [0.15, 0.2) is 0 Å². The standard InChI is InChI=1S/C15H26N4O7S/c1-7(21)11(16)13(23)17-8(5-20)12(22)18-9(6-27)14(24)19-4-2-3-10(19)15(25)26/h7-11,20-21,27H,2-6,16H2,1H3,(H,17,23)(H,18,22)(H,25,26). The van der Waals surface area contributed by atoms with Gasteiger partial charge in [-0.15, -0.1) is 0 Å². The zero-order chi connectivity index (χ0) is 20.7. The van der Waals surface area contributed by atoms with Gasteiger partial charge in [-0.2, -0.15) is 12.6 Å². The summed E-state index contributed by atoms with van der Waals surface area (Å²) in [6.07, 6.45) is -0.314. The third-order valence-corrected chi connectivity index (χ3v) is 4.62. The van der Waals surface area contributed by atoms with Crippen LogP contribution in [-0.2, 0) is 19.2 Å². The number of nitrogens with one attached hydrogen (secondary N) is 2. The van der Waals surface area contributed by atoms with Crippen molar-refractivity contribution in [1.82, 2.24) is 15.5 Å². The number of carbonyl (C=O) groups is 4. The van der Waals surface area contributed by atoms with Gasteiger partial charge < -0.3 is 36.6 Å². The zero-order valence-electron chi connectivity index (χ0n) is 14.9. The van der Waals surface area contributed by atoms with Gasteiger partial charge in [-0.05, 0) is 19.8 Å². The monoisotopic (exact) mass is 406 g/mol. The van der Waals surface area contributed by atoms with Gasteiger partial charge in [0.15, 0.2) is 0 Å². The van der Waals surface area contributed by atoms with Crippen LogP contribution in [0.4, 0.5) is 0 Å². The summed E-state index contributed by atoms with van der Waals surface area (Å²) in [7, 11) is 0. The maximum atomic E-state index is 12.6.